The Balaban J connectivity index is 1.69. The van der Waals surface area contributed by atoms with Gasteiger partial charge in [-0.3, -0.25) is 10.1 Å². The van der Waals surface area contributed by atoms with Crippen LogP contribution < -0.4 is 5.32 Å². The van der Waals surface area contributed by atoms with Crippen LogP contribution in [0.2, 0.25) is 0 Å². The van der Waals surface area contributed by atoms with Gasteiger partial charge in [0.15, 0.2) is 0 Å². The molecule has 2 aromatic carbocycles. The molecular formula is C18H20N4O2. The maximum Gasteiger partial charge on any atom is 0.269 e. The van der Waals surface area contributed by atoms with Crippen LogP contribution in [-0.4, -0.2) is 14.5 Å². The standard InChI is InChI=1S/C18H20N4O2/c1-2-11-21-17-6-4-3-5-16(17)20-18(21)13-19-12-14-7-9-15(10-8-14)22(23)24/h3-10,19H,2,11-13H2,1H3. The fourth-order valence-electron chi connectivity index (χ4n) is 2.79. The van der Waals surface area contributed by atoms with E-state index in [4.69, 9.17) is 4.98 Å². The van der Waals surface area contributed by atoms with Gasteiger partial charge in [0.05, 0.1) is 22.5 Å². The number of nitrogens with zero attached hydrogens (tertiary/aromatic N) is 3. The third-order valence-corrected chi connectivity index (χ3v) is 3.94. The maximum atomic E-state index is 10.7. The molecule has 1 heterocycles. The van der Waals surface area contributed by atoms with Gasteiger partial charge in [-0.25, -0.2) is 4.98 Å². The average molecular weight is 324 g/mol. The number of aryl methyl sites for hydroxylation is 1. The predicted octanol–water partition coefficient (Wildman–Crippen LogP) is 3.64. The van der Waals surface area contributed by atoms with Crippen LogP contribution in [0.4, 0.5) is 5.69 Å². The lowest BCUT2D eigenvalue weighted by Crippen LogP contribution is -2.16. The SMILES string of the molecule is CCCn1c(CNCc2ccc([N+](=O)[O-])cc2)nc2ccccc21. The number of fused-ring (bicyclic) bond motifs is 1. The van der Waals surface area contributed by atoms with Crippen LogP contribution in [0.25, 0.3) is 11.0 Å². The summed E-state index contributed by atoms with van der Waals surface area (Å²) in [5.41, 5.74) is 3.30. The fraction of sp³-hybridized carbons (Fsp3) is 0.278. The van der Waals surface area contributed by atoms with E-state index in [1.54, 1.807) is 12.1 Å². The number of rotatable bonds is 7. The van der Waals surface area contributed by atoms with Gasteiger partial charge in [0.25, 0.3) is 5.69 Å². The average Bonchev–Trinajstić information content (AvgIpc) is 2.94. The predicted molar refractivity (Wildman–Crippen MR) is 93.7 cm³/mol. The quantitative estimate of drug-likeness (QED) is 0.532. The molecule has 0 aliphatic rings. The molecule has 3 rings (SSSR count). The summed E-state index contributed by atoms with van der Waals surface area (Å²) in [5.74, 6) is 1.01. The van der Waals surface area contributed by atoms with Crippen molar-refractivity contribution in [1.29, 1.82) is 0 Å². The van der Waals surface area contributed by atoms with Gasteiger partial charge < -0.3 is 9.88 Å². The number of nitrogens with one attached hydrogen (secondary N) is 1. The van der Waals surface area contributed by atoms with Gasteiger partial charge >= 0.3 is 0 Å². The minimum atomic E-state index is -0.385. The number of nitro benzene ring substituents is 1. The van der Waals surface area contributed by atoms with E-state index in [2.05, 4.69) is 22.9 Å². The van der Waals surface area contributed by atoms with Crippen LogP contribution in [0.3, 0.4) is 0 Å². The van der Waals surface area contributed by atoms with Crippen molar-refractivity contribution in [3.05, 3.63) is 70.0 Å². The van der Waals surface area contributed by atoms with Crippen molar-refractivity contribution in [2.45, 2.75) is 33.0 Å². The molecule has 0 aliphatic carbocycles. The maximum absolute atomic E-state index is 10.7. The lowest BCUT2D eigenvalue weighted by Gasteiger charge is -2.09. The second-order valence-corrected chi connectivity index (χ2v) is 5.70. The van der Waals surface area contributed by atoms with Crippen LogP contribution in [0.15, 0.2) is 48.5 Å². The summed E-state index contributed by atoms with van der Waals surface area (Å²) >= 11 is 0. The van der Waals surface area contributed by atoms with Crippen LogP contribution in [0.1, 0.15) is 24.7 Å². The second kappa shape index (κ2) is 7.23. The summed E-state index contributed by atoms with van der Waals surface area (Å²) < 4.78 is 2.25. The van der Waals surface area contributed by atoms with E-state index >= 15 is 0 Å². The highest BCUT2D eigenvalue weighted by molar-refractivity contribution is 5.75. The van der Waals surface area contributed by atoms with Gasteiger partial charge in [-0.05, 0) is 24.1 Å². The molecule has 0 aliphatic heterocycles. The number of non-ortho nitro benzene ring substituents is 1. The van der Waals surface area contributed by atoms with Crippen LogP contribution in [0, 0.1) is 10.1 Å². The van der Waals surface area contributed by atoms with E-state index in [1.165, 1.54) is 12.1 Å². The molecule has 1 aromatic heterocycles. The molecule has 0 fully saturated rings. The van der Waals surface area contributed by atoms with Gasteiger partial charge in [-0.2, -0.15) is 0 Å². The zero-order valence-electron chi connectivity index (χ0n) is 13.6. The number of aromatic nitrogens is 2. The van der Waals surface area contributed by atoms with Gasteiger partial charge in [0, 0.05) is 25.2 Å². The Kier molecular flexibility index (Phi) is 4.86. The summed E-state index contributed by atoms with van der Waals surface area (Å²) in [6, 6.07) is 14.8. The van der Waals surface area contributed by atoms with E-state index in [-0.39, 0.29) is 10.6 Å². The number of nitro groups is 1. The monoisotopic (exact) mass is 324 g/mol. The first-order chi connectivity index (χ1) is 11.7. The number of imidazole rings is 1. The lowest BCUT2D eigenvalue weighted by atomic mass is 10.2. The Labute approximate surface area is 140 Å². The van der Waals surface area contributed by atoms with Crippen molar-refractivity contribution < 1.29 is 4.92 Å². The Hall–Kier alpha value is -2.73. The molecule has 3 aromatic rings. The van der Waals surface area contributed by atoms with E-state index in [1.807, 2.05) is 18.2 Å². The van der Waals surface area contributed by atoms with E-state index in [0.29, 0.717) is 13.1 Å². The summed E-state index contributed by atoms with van der Waals surface area (Å²) in [4.78, 5) is 15.0. The molecule has 0 atom stereocenters. The molecule has 124 valence electrons. The van der Waals surface area contributed by atoms with Crippen LogP contribution in [0.5, 0.6) is 0 Å². The Morgan fingerprint density at radius 3 is 2.58 bits per heavy atom. The summed E-state index contributed by atoms with van der Waals surface area (Å²) in [6.07, 6.45) is 1.05. The van der Waals surface area contributed by atoms with Crippen molar-refractivity contribution >= 4 is 16.7 Å². The lowest BCUT2D eigenvalue weighted by molar-refractivity contribution is -0.384. The Morgan fingerprint density at radius 2 is 1.88 bits per heavy atom. The summed E-state index contributed by atoms with van der Waals surface area (Å²) in [6.45, 7) is 4.40. The minimum absolute atomic E-state index is 0.114. The Morgan fingerprint density at radius 1 is 1.12 bits per heavy atom. The summed E-state index contributed by atoms with van der Waals surface area (Å²) in [5, 5.41) is 14.0. The fourth-order valence-corrected chi connectivity index (χ4v) is 2.79. The molecule has 1 N–H and O–H groups in total. The highest BCUT2D eigenvalue weighted by Gasteiger charge is 2.09. The van der Waals surface area contributed by atoms with Gasteiger partial charge in [0.2, 0.25) is 0 Å². The molecule has 6 nitrogen and oxygen atoms in total. The van der Waals surface area contributed by atoms with Crippen LogP contribution >= 0.6 is 0 Å². The molecule has 0 spiro atoms. The first kappa shape index (κ1) is 16.1. The zero-order chi connectivity index (χ0) is 16.9. The number of benzene rings is 2. The first-order valence-electron chi connectivity index (χ1n) is 8.07. The molecule has 24 heavy (non-hydrogen) atoms. The first-order valence-corrected chi connectivity index (χ1v) is 8.07. The second-order valence-electron chi connectivity index (χ2n) is 5.70. The molecule has 0 saturated heterocycles. The van der Waals surface area contributed by atoms with E-state index < -0.39 is 0 Å². The van der Waals surface area contributed by atoms with Gasteiger partial charge in [-0.15, -0.1) is 0 Å². The van der Waals surface area contributed by atoms with Crippen molar-refractivity contribution in [3.8, 4) is 0 Å². The van der Waals surface area contributed by atoms with Gasteiger partial charge in [-0.1, -0.05) is 31.2 Å². The van der Waals surface area contributed by atoms with Crippen molar-refractivity contribution in [3.63, 3.8) is 0 Å². The van der Waals surface area contributed by atoms with Crippen molar-refractivity contribution in [1.82, 2.24) is 14.9 Å². The smallest absolute Gasteiger partial charge is 0.269 e. The topological polar surface area (TPSA) is 73.0 Å². The normalized spacial score (nSPS) is 11.0. The number of para-hydroxylation sites is 2. The minimum Gasteiger partial charge on any atom is -0.327 e. The van der Waals surface area contributed by atoms with Crippen molar-refractivity contribution in [2.75, 3.05) is 0 Å². The molecular weight excluding hydrogens is 304 g/mol. The molecule has 0 amide bonds. The highest BCUT2D eigenvalue weighted by atomic mass is 16.6. The highest BCUT2D eigenvalue weighted by Crippen LogP contribution is 2.17. The largest absolute Gasteiger partial charge is 0.327 e. The number of hydrogen-bond acceptors (Lipinski definition) is 4. The Bertz CT molecular complexity index is 840. The van der Waals surface area contributed by atoms with Gasteiger partial charge in [0.1, 0.15) is 5.82 Å². The van der Waals surface area contributed by atoms with Crippen molar-refractivity contribution in [2.24, 2.45) is 0 Å². The molecule has 0 radical (unpaired) electrons. The summed E-state index contributed by atoms with van der Waals surface area (Å²) in [7, 11) is 0. The van der Waals surface area contributed by atoms with Crippen LogP contribution in [-0.2, 0) is 19.6 Å². The molecule has 0 bridgehead atoms. The number of hydrogen-bond donors (Lipinski definition) is 1. The molecule has 6 heteroatoms. The molecule has 0 saturated carbocycles. The third-order valence-electron chi connectivity index (χ3n) is 3.94. The zero-order valence-corrected chi connectivity index (χ0v) is 13.6. The third kappa shape index (κ3) is 3.44. The van der Waals surface area contributed by atoms with E-state index in [0.717, 1.165) is 35.4 Å². The molecule has 0 unspecified atom stereocenters. The van der Waals surface area contributed by atoms with E-state index in [9.17, 15) is 10.1 Å².